The van der Waals surface area contributed by atoms with Crippen LogP contribution in [0.1, 0.15) is 47.6 Å². The van der Waals surface area contributed by atoms with Gasteiger partial charge in [0, 0.05) is 32.1 Å². The fraction of sp³-hybridized carbons (Fsp3) is 0.222. The summed E-state index contributed by atoms with van der Waals surface area (Å²) in [5, 5.41) is 6.94. The summed E-state index contributed by atoms with van der Waals surface area (Å²) < 4.78 is 41.1. The quantitative estimate of drug-likeness (QED) is 0.245. The first-order valence-corrected chi connectivity index (χ1v) is 13.6. The van der Waals surface area contributed by atoms with Gasteiger partial charge in [0.2, 0.25) is 17.6 Å². The first-order valence-electron chi connectivity index (χ1n) is 11.7. The third-order valence-corrected chi connectivity index (χ3v) is 8.04. The molecule has 2 unspecified atom stereocenters. The second kappa shape index (κ2) is 10.6. The molecule has 7 nitrogen and oxygen atoms in total. The fourth-order valence-corrected chi connectivity index (χ4v) is 5.57. The number of amides is 1. The van der Waals surface area contributed by atoms with Crippen LogP contribution in [0, 0.1) is 5.82 Å². The molecule has 0 spiro atoms. The van der Waals surface area contributed by atoms with Crippen LogP contribution in [0.25, 0.3) is 11.4 Å². The van der Waals surface area contributed by atoms with Crippen molar-refractivity contribution in [3.63, 3.8) is 0 Å². The number of halogens is 3. The van der Waals surface area contributed by atoms with E-state index in [4.69, 9.17) is 27.7 Å². The molecule has 0 aliphatic heterocycles. The second-order valence-corrected chi connectivity index (χ2v) is 11.2. The van der Waals surface area contributed by atoms with Gasteiger partial charge in [-0.05, 0) is 78.4 Å². The number of nitrogens with zero attached hydrogens (tertiary/aromatic N) is 2. The van der Waals surface area contributed by atoms with Crippen molar-refractivity contribution in [1.82, 2.24) is 10.1 Å². The first kappa shape index (κ1) is 26.5. The lowest BCUT2D eigenvalue weighted by Gasteiger charge is -2.17. The summed E-state index contributed by atoms with van der Waals surface area (Å²) in [5.74, 6) is 0.0752. The van der Waals surface area contributed by atoms with Crippen molar-refractivity contribution in [2.45, 2.75) is 36.9 Å². The minimum Gasteiger partial charge on any atom is -0.772 e. The standard InChI is InChI=1S/C27H22Cl2FN3O4S/c1-15(38(35)36)17-4-2-16(3-5-17)12-23(34)31-20-13-21(28)24(22(29)14-20)27(10-11-27)26-32-25(33-37-26)18-6-8-19(30)9-7-18/h2-9,13-15H,10-12H2,1H3,(H,31,34)(H,35,36)/p-1. The lowest BCUT2D eigenvalue weighted by molar-refractivity contribution is -0.115. The molecule has 1 aliphatic rings. The molecule has 38 heavy (non-hydrogen) atoms. The topological polar surface area (TPSA) is 108 Å². The molecule has 1 fully saturated rings. The molecule has 11 heteroatoms. The number of hydrogen-bond acceptors (Lipinski definition) is 6. The predicted molar refractivity (Wildman–Crippen MR) is 142 cm³/mol. The largest absolute Gasteiger partial charge is 0.772 e. The van der Waals surface area contributed by atoms with Crippen molar-refractivity contribution in [3.05, 3.63) is 99.1 Å². The number of nitrogens with one attached hydrogen (secondary N) is 1. The van der Waals surface area contributed by atoms with E-state index in [2.05, 4.69) is 15.5 Å². The van der Waals surface area contributed by atoms with Crippen LogP contribution in [-0.2, 0) is 27.7 Å². The van der Waals surface area contributed by atoms with Crippen LogP contribution in [0.3, 0.4) is 0 Å². The van der Waals surface area contributed by atoms with E-state index >= 15 is 0 Å². The molecule has 0 bridgehead atoms. The molecule has 1 N–H and O–H groups in total. The molecule has 1 saturated carbocycles. The summed E-state index contributed by atoms with van der Waals surface area (Å²) >= 11 is 11.1. The Morgan fingerprint density at radius 1 is 1.13 bits per heavy atom. The molecule has 1 aliphatic carbocycles. The van der Waals surface area contributed by atoms with Gasteiger partial charge in [0.1, 0.15) is 5.82 Å². The van der Waals surface area contributed by atoms with Gasteiger partial charge >= 0.3 is 0 Å². The Morgan fingerprint density at radius 3 is 2.34 bits per heavy atom. The van der Waals surface area contributed by atoms with Gasteiger partial charge in [0.25, 0.3) is 0 Å². The van der Waals surface area contributed by atoms with Crippen molar-refractivity contribution >= 4 is 45.9 Å². The highest BCUT2D eigenvalue weighted by Gasteiger charge is 2.53. The van der Waals surface area contributed by atoms with E-state index in [0.29, 0.717) is 57.0 Å². The Morgan fingerprint density at radius 2 is 1.76 bits per heavy atom. The van der Waals surface area contributed by atoms with Crippen molar-refractivity contribution in [2.75, 3.05) is 5.32 Å². The SMILES string of the molecule is CC(c1ccc(CC(=O)Nc2cc(Cl)c(C3(c4nc(-c5ccc(F)cc5)no4)CC3)c(Cl)c2)cc1)S(=O)[O-]. The normalized spacial score (nSPS) is 15.6. The van der Waals surface area contributed by atoms with Crippen LogP contribution in [0.5, 0.6) is 0 Å². The minimum atomic E-state index is -2.21. The summed E-state index contributed by atoms with van der Waals surface area (Å²) in [6, 6.07) is 15.9. The van der Waals surface area contributed by atoms with Crippen molar-refractivity contribution < 1.29 is 22.5 Å². The van der Waals surface area contributed by atoms with Crippen LogP contribution >= 0.6 is 23.2 Å². The second-order valence-electron chi connectivity index (χ2n) is 9.20. The zero-order chi connectivity index (χ0) is 27.0. The molecule has 4 aromatic rings. The average molecular weight is 573 g/mol. The molecular formula is C27H21Cl2FN3O4S-. The van der Waals surface area contributed by atoms with E-state index in [1.807, 2.05) is 0 Å². The Bertz CT molecular complexity index is 1500. The van der Waals surface area contributed by atoms with Gasteiger partial charge in [-0.15, -0.1) is 0 Å². The van der Waals surface area contributed by atoms with Crippen LogP contribution in [0.15, 0.2) is 65.2 Å². The smallest absolute Gasteiger partial charge is 0.237 e. The van der Waals surface area contributed by atoms with Crippen LogP contribution in [-0.4, -0.2) is 24.8 Å². The van der Waals surface area contributed by atoms with Gasteiger partial charge in [0.15, 0.2) is 0 Å². The Labute approximate surface area is 230 Å². The molecule has 5 rings (SSSR count). The van der Waals surface area contributed by atoms with Crippen molar-refractivity contribution in [3.8, 4) is 11.4 Å². The number of benzene rings is 3. The third-order valence-electron chi connectivity index (χ3n) is 6.59. The molecule has 196 valence electrons. The van der Waals surface area contributed by atoms with E-state index in [-0.39, 0.29) is 18.1 Å². The van der Waals surface area contributed by atoms with Crippen LogP contribution in [0.4, 0.5) is 10.1 Å². The number of rotatable bonds is 8. The molecule has 3 aromatic carbocycles. The van der Waals surface area contributed by atoms with Gasteiger partial charge in [-0.25, -0.2) is 4.39 Å². The lowest BCUT2D eigenvalue weighted by Crippen LogP contribution is -2.16. The third kappa shape index (κ3) is 5.37. The van der Waals surface area contributed by atoms with Gasteiger partial charge in [-0.1, -0.05) is 52.6 Å². The van der Waals surface area contributed by atoms with Crippen molar-refractivity contribution in [2.24, 2.45) is 0 Å². The summed E-state index contributed by atoms with van der Waals surface area (Å²) in [4.78, 5) is 17.2. The predicted octanol–water partition coefficient (Wildman–Crippen LogP) is 6.38. The molecule has 0 saturated heterocycles. The molecule has 1 aromatic heterocycles. The van der Waals surface area contributed by atoms with E-state index in [1.54, 1.807) is 55.5 Å². The summed E-state index contributed by atoms with van der Waals surface area (Å²) in [7, 11) is 0. The lowest BCUT2D eigenvalue weighted by atomic mass is 9.95. The van der Waals surface area contributed by atoms with Gasteiger partial charge in [-0.3, -0.25) is 9.00 Å². The van der Waals surface area contributed by atoms with E-state index in [9.17, 15) is 17.9 Å². The minimum absolute atomic E-state index is 0.0875. The fourth-order valence-electron chi connectivity index (χ4n) is 4.34. The highest BCUT2D eigenvalue weighted by molar-refractivity contribution is 7.79. The Balaban J connectivity index is 1.31. The number of carbonyl (C=O) groups excluding carboxylic acids is 1. The number of anilines is 1. The molecule has 2 atom stereocenters. The molecule has 1 heterocycles. The van der Waals surface area contributed by atoms with Gasteiger partial charge in [-0.2, -0.15) is 4.98 Å². The summed E-state index contributed by atoms with van der Waals surface area (Å²) in [5.41, 5.74) is 2.46. The monoisotopic (exact) mass is 572 g/mol. The van der Waals surface area contributed by atoms with Gasteiger partial charge in [0.05, 0.1) is 11.8 Å². The zero-order valence-corrected chi connectivity index (χ0v) is 22.4. The summed E-state index contributed by atoms with van der Waals surface area (Å²) in [6.45, 7) is 1.59. The Kier molecular flexibility index (Phi) is 7.37. The van der Waals surface area contributed by atoms with E-state index in [1.165, 1.54) is 12.1 Å². The Hall–Kier alpha value is -3.11. The molecule has 1 amide bonds. The maximum absolute atomic E-state index is 13.3. The molecular weight excluding hydrogens is 552 g/mol. The van der Waals surface area contributed by atoms with Crippen molar-refractivity contribution in [1.29, 1.82) is 0 Å². The van der Waals surface area contributed by atoms with E-state index < -0.39 is 21.7 Å². The van der Waals surface area contributed by atoms with E-state index in [0.717, 1.165) is 5.56 Å². The first-order chi connectivity index (χ1) is 18.2. The molecule has 0 radical (unpaired) electrons. The number of aromatic nitrogens is 2. The number of hydrogen-bond donors (Lipinski definition) is 1. The highest BCUT2D eigenvalue weighted by Crippen LogP contribution is 2.57. The maximum Gasteiger partial charge on any atom is 0.237 e. The average Bonchev–Trinajstić information content (AvgIpc) is 3.50. The maximum atomic E-state index is 13.3. The summed E-state index contributed by atoms with van der Waals surface area (Å²) in [6.07, 6.45) is 1.50. The highest BCUT2D eigenvalue weighted by atomic mass is 35.5. The van der Waals surface area contributed by atoms with Crippen LogP contribution in [0.2, 0.25) is 10.0 Å². The van der Waals surface area contributed by atoms with Crippen LogP contribution < -0.4 is 5.32 Å². The number of carbonyl (C=O) groups is 1. The van der Waals surface area contributed by atoms with Gasteiger partial charge < -0.3 is 14.4 Å². The zero-order valence-electron chi connectivity index (χ0n) is 20.0.